The van der Waals surface area contributed by atoms with Gasteiger partial charge in [0.2, 0.25) is 0 Å². The van der Waals surface area contributed by atoms with Gasteiger partial charge in [-0.25, -0.2) is 13.1 Å². The fraction of sp³-hybridized carbons (Fsp3) is 0.0833. The number of amides is 1. The zero-order valence-corrected chi connectivity index (χ0v) is 19.5. The molecule has 0 atom stereocenters. The number of para-hydroxylation sites is 1. The van der Waals surface area contributed by atoms with Crippen molar-refractivity contribution in [1.82, 2.24) is 9.78 Å². The molecule has 0 saturated heterocycles. The van der Waals surface area contributed by atoms with Gasteiger partial charge in [0.1, 0.15) is 0 Å². The predicted octanol–water partition coefficient (Wildman–Crippen LogP) is 4.91. The normalized spacial score (nSPS) is 11.2. The molecular weight excluding hydrogens is 460 g/mol. The first-order chi connectivity index (χ1) is 15.8. The molecule has 0 aliphatic heterocycles. The van der Waals surface area contributed by atoms with E-state index in [1.54, 1.807) is 66.2 Å². The number of carbonyl (C=O) groups is 1. The van der Waals surface area contributed by atoms with E-state index >= 15 is 0 Å². The standard InChI is InChI=1S/C24H21ClN4O3S/c1-17-23(16-26-29(17)21-12-6-8-18(25)14-21)24(30)27-19-9-7-13-22(15-19)33(31,32)28(2)20-10-4-3-5-11-20/h3-16H,1-2H3,(H,27,30). The van der Waals surface area contributed by atoms with Crippen molar-refractivity contribution in [2.24, 2.45) is 0 Å². The SMILES string of the molecule is Cc1c(C(=O)Nc2cccc(S(=O)(=O)N(C)c3ccccc3)c2)cnn1-c1cccc(Cl)c1. The van der Waals surface area contributed by atoms with E-state index < -0.39 is 15.9 Å². The van der Waals surface area contributed by atoms with Gasteiger partial charge in [-0.05, 0) is 55.5 Å². The van der Waals surface area contributed by atoms with E-state index in [1.807, 2.05) is 12.1 Å². The van der Waals surface area contributed by atoms with Crippen molar-refractivity contribution < 1.29 is 13.2 Å². The second-order valence-corrected chi connectivity index (χ2v) is 9.73. The van der Waals surface area contributed by atoms with Crippen molar-refractivity contribution in [1.29, 1.82) is 0 Å². The average molecular weight is 481 g/mol. The van der Waals surface area contributed by atoms with E-state index in [-0.39, 0.29) is 4.90 Å². The van der Waals surface area contributed by atoms with Crippen LogP contribution in [0.25, 0.3) is 5.69 Å². The zero-order chi connectivity index (χ0) is 23.6. The van der Waals surface area contributed by atoms with E-state index in [0.717, 1.165) is 5.69 Å². The lowest BCUT2D eigenvalue weighted by Crippen LogP contribution is -2.26. The first-order valence-electron chi connectivity index (χ1n) is 10.0. The highest BCUT2D eigenvalue weighted by atomic mass is 35.5. The minimum Gasteiger partial charge on any atom is -0.322 e. The van der Waals surface area contributed by atoms with E-state index in [0.29, 0.717) is 27.7 Å². The monoisotopic (exact) mass is 480 g/mol. The van der Waals surface area contributed by atoms with Gasteiger partial charge in [-0.2, -0.15) is 5.10 Å². The van der Waals surface area contributed by atoms with Gasteiger partial charge in [0.25, 0.3) is 15.9 Å². The maximum atomic E-state index is 13.1. The molecule has 1 N–H and O–H groups in total. The lowest BCUT2D eigenvalue weighted by molar-refractivity contribution is 0.102. The molecule has 1 heterocycles. The molecule has 4 rings (SSSR count). The Morgan fingerprint density at radius 1 is 1.00 bits per heavy atom. The smallest absolute Gasteiger partial charge is 0.264 e. The highest BCUT2D eigenvalue weighted by Gasteiger charge is 2.22. The van der Waals surface area contributed by atoms with Crippen LogP contribution in [-0.4, -0.2) is 31.2 Å². The summed E-state index contributed by atoms with van der Waals surface area (Å²) < 4.78 is 29.0. The quantitative estimate of drug-likeness (QED) is 0.425. The maximum absolute atomic E-state index is 13.1. The lowest BCUT2D eigenvalue weighted by Gasteiger charge is -2.19. The molecule has 1 aromatic heterocycles. The molecule has 0 spiro atoms. The molecule has 0 fully saturated rings. The number of benzene rings is 3. The van der Waals surface area contributed by atoms with Crippen molar-refractivity contribution >= 4 is 38.9 Å². The number of anilines is 2. The molecule has 9 heteroatoms. The molecule has 0 radical (unpaired) electrons. The summed E-state index contributed by atoms with van der Waals surface area (Å²) >= 11 is 6.06. The summed E-state index contributed by atoms with van der Waals surface area (Å²) in [5, 5.41) is 7.63. The third kappa shape index (κ3) is 4.62. The first kappa shape index (κ1) is 22.6. The molecule has 33 heavy (non-hydrogen) atoms. The molecule has 0 bridgehead atoms. The summed E-state index contributed by atoms with van der Waals surface area (Å²) in [6, 6.07) is 22.1. The van der Waals surface area contributed by atoms with Crippen LogP contribution in [0.5, 0.6) is 0 Å². The van der Waals surface area contributed by atoms with E-state index in [4.69, 9.17) is 11.6 Å². The summed E-state index contributed by atoms with van der Waals surface area (Å²) in [6.07, 6.45) is 1.47. The molecular formula is C24H21ClN4O3S. The minimum atomic E-state index is -3.81. The minimum absolute atomic E-state index is 0.0676. The van der Waals surface area contributed by atoms with Crippen LogP contribution in [0.1, 0.15) is 16.1 Å². The van der Waals surface area contributed by atoms with Crippen molar-refractivity contribution in [3.8, 4) is 5.69 Å². The third-order valence-electron chi connectivity index (χ3n) is 5.18. The predicted molar refractivity (Wildman–Crippen MR) is 130 cm³/mol. The van der Waals surface area contributed by atoms with Crippen LogP contribution in [0.2, 0.25) is 5.02 Å². The second kappa shape index (κ2) is 9.09. The van der Waals surface area contributed by atoms with Gasteiger partial charge in [0.05, 0.1) is 33.7 Å². The number of sulfonamides is 1. The molecule has 1 amide bonds. The number of aromatic nitrogens is 2. The number of nitrogens with one attached hydrogen (secondary N) is 1. The van der Waals surface area contributed by atoms with E-state index in [2.05, 4.69) is 10.4 Å². The molecule has 168 valence electrons. The average Bonchev–Trinajstić information content (AvgIpc) is 3.20. The number of halogens is 1. The number of hydrogen-bond donors (Lipinski definition) is 1. The number of hydrogen-bond acceptors (Lipinski definition) is 4. The van der Waals surface area contributed by atoms with Crippen LogP contribution >= 0.6 is 11.6 Å². The van der Waals surface area contributed by atoms with Gasteiger partial charge in [-0.15, -0.1) is 0 Å². The second-order valence-electron chi connectivity index (χ2n) is 7.33. The molecule has 7 nitrogen and oxygen atoms in total. The Balaban J connectivity index is 1.58. The zero-order valence-electron chi connectivity index (χ0n) is 17.9. The van der Waals surface area contributed by atoms with E-state index in [1.165, 1.54) is 29.7 Å². The summed E-state index contributed by atoms with van der Waals surface area (Å²) in [6.45, 7) is 1.78. The van der Waals surface area contributed by atoms with Crippen LogP contribution in [0.4, 0.5) is 11.4 Å². The van der Waals surface area contributed by atoms with Crippen molar-refractivity contribution in [2.75, 3.05) is 16.7 Å². The van der Waals surface area contributed by atoms with Gasteiger partial charge >= 0.3 is 0 Å². The fourth-order valence-electron chi connectivity index (χ4n) is 3.37. The van der Waals surface area contributed by atoms with Gasteiger partial charge in [0, 0.05) is 17.8 Å². The summed E-state index contributed by atoms with van der Waals surface area (Å²) in [7, 11) is -2.32. The number of nitrogens with zero attached hydrogens (tertiary/aromatic N) is 3. The van der Waals surface area contributed by atoms with Crippen LogP contribution in [0, 0.1) is 6.92 Å². The van der Waals surface area contributed by atoms with Crippen molar-refractivity contribution in [3.63, 3.8) is 0 Å². The summed E-state index contributed by atoms with van der Waals surface area (Å²) in [5.41, 5.74) is 2.62. The topological polar surface area (TPSA) is 84.3 Å². The van der Waals surface area contributed by atoms with Gasteiger partial charge in [-0.1, -0.05) is 41.9 Å². The highest BCUT2D eigenvalue weighted by Crippen LogP contribution is 2.24. The molecule has 0 unspecified atom stereocenters. The van der Waals surface area contributed by atoms with Gasteiger partial charge in [-0.3, -0.25) is 9.10 Å². The maximum Gasteiger partial charge on any atom is 0.264 e. The van der Waals surface area contributed by atoms with E-state index in [9.17, 15) is 13.2 Å². The Morgan fingerprint density at radius 2 is 1.73 bits per heavy atom. The Labute approximate surface area is 197 Å². The molecule has 4 aromatic rings. The largest absolute Gasteiger partial charge is 0.322 e. The molecule has 0 aliphatic rings. The number of carbonyl (C=O) groups excluding carboxylic acids is 1. The molecule has 0 aliphatic carbocycles. The van der Waals surface area contributed by atoms with Crippen molar-refractivity contribution in [2.45, 2.75) is 11.8 Å². The van der Waals surface area contributed by atoms with Crippen LogP contribution in [-0.2, 0) is 10.0 Å². The number of rotatable bonds is 6. The third-order valence-corrected chi connectivity index (χ3v) is 7.19. The van der Waals surface area contributed by atoms with Crippen molar-refractivity contribution in [3.05, 3.63) is 101 Å². The summed E-state index contributed by atoms with van der Waals surface area (Å²) in [4.78, 5) is 13.0. The Morgan fingerprint density at radius 3 is 2.45 bits per heavy atom. The lowest BCUT2D eigenvalue weighted by atomic mass is 10.2. The Bertz CT molecular complexity index is 1420. The highest BCUT2D eigenvalue weighted by molar-refractivity contribution is 7.92. The molecule has 0 saturated carbocycles. The Hall–Kier alpha value is -3.62. The summed E-state index contributed by atoms with van der Waals surface area (Å²) in [5.74, 6) is -0.397. The van der Waals surface area contributed by atoms with Crippen LogP contribution in [0.3, 0.4) is 0 Å². The Kier molecular flexibility index (Phi) is 6.22. The first-order valence-corrected chi connectivity index (χ1v) is 11.8. The van der Waals surface area contributed by atoms with Gasteiger partial charge < -0.3 is 5.32 Å². The van der Waals surface area contributed by atoms with Crippen LogP contribution < -0.4 is 9.62 Å². The van der Waals surface area contributed by atoms with Gasteiger partial charge in [0.15, 0.2) is 0 Å². The van der Waals surface area contributed by atoms with Crippen LogP contribution in [0.15, 0.2) is 90.0 Å². The fourth-order valence-corrected chi connectivity index (χ4v) is 4.79. The molecule has 3 aromatic carbocycles.